The van der Waals surface area contributed by atoms with Crippen LogP contribution in [0.1, 0.15) is 51.9 Å². The van der Waals surface area contributed by atoms with Crippen molar-refractivity contribution in [1.29, 1.82) is 0 Å². The van der Waals surface area contributed by atoms with Crippen molar-refractivity contribution in [1.82, 2.24) is 0 Å². The number of ketones is 1. The molecule has 1 spiro atoms. The molecule has 7 atom stereocenters. The maximum Gasteiger partial charge on any atom is 0.312 e. The normalized spacial score (nSPS) is 46.2. The molecular formula is C22H27N3O5. The number of allylic oxidation sites excluding steroid dienone is 1. The quantitative estimate of drug-likeness (QED) is 0.231. The molecule has 5 saturated carbocycles. The van der Waals surface area contributed by atoms with Crippen molar-refractivity contribution in [2.24, 2.45) is 39.1 Å². The van der Waals surface area contributed by atoms with E-state index in [9.17, 15) is 14.4 Å². The Hall–Kier alpha value is -2.34. The SMILES string of the molecule is C=C1C(=O)[C@]23CC[C@H]1CC2[C@@]12CCC[C@@](C)(COC1=O)C2C[C@H]3OC(=O)CN=[N+]=[N-]. The third kappa shape index (κ3) is 2.23. The number of esters is 2. The molecule has 30 heavy (non-hydrogen) atoms. The first-order chi connectivity index (χ1) is 14.3. The Bertz CT molecular complexity index is 910. The maximum absolute atomic E-state index is 13.6. The highest BCUT2D eigenvalue weighted by Crippen LogP contribution is 2.73. The van der Waals surface area contributed by atoms with Gasteiger partial charge in [0.25, 0.3) is 0 Å². The first-order valence-electron chi connectivity index (χ1n) is 10.9. The van der Waals surface area contributed by atoms with Crippen LogP contribution in [0.25, 0.3) is 10.4 Å². The lowest BCUT2D eigenvalue weighted by atomic mass is 9.35. The number of rotatable bonds is 3. The number of hydrogen-bond donors (Lipinski definition) is 0. The predicted molar refractivity (Wildman–Crippen MR) is 105 cm³/mol. The molecule has 6 rings (SSSR count). The summed E-state index contributed by atoms with van der Waals surface area (Å²) in [5, 5.41) is 3.33. The van der Waals surface area contributed by atoms with Crippen LogP contribution in [0.3, 0.4) is 0 Å². The predicted octanol–water partition coefficient (Wildman–Crippen LogP) is 3.50. The minimum Gasteiger partial charge on any atom is -0.465 e. The van der Waals surface area contributed by atoms with Crippen LogP contribution in [0.4, 0.5) is 0 Å². The van der Waals surface area contributed by atoms with E-state index in [1.807, 2.05) is 0 Å². The zero-order chi connectivity index (χ0) is 21.3. The van der Waals surface area contributed by atoms with Crippen molar-refractivity contribution in [3.8, 4) is 0 Å². The number of ether oxygens (including phenoxy) is 2. The van der Waals surface area contributed by atoms with Gasteiger partial charge in [-0.15, -0.1) is 0 Å². The highest BCUT2D eigenvalue weighted by Gasteiger charge is 2.76. The number of carbonyl (C=O) groups excluding carboxylic acids is 3. The Kier molecular flexibility index (Phi) is 4.14. The lowest BCUT2D eigenvalue weighted by Gasteiger charge is -2.69. The van der Waals surface area contributed by atoms with Crippen molar-refractivity contribution in [2.75, 3.05) is 13.2 Å². The van der Waals surface area contributed by atoms with Crippen LogP contribution in [0.15, 0.2) is 17.3 Å². The first-order valence-corrected chi connectivity index (χ1v) is 10.9. The summed E-state index contributed by atoms with van der Waals surface area (Å²) in [4.78, 5) is 42.1. The molecule has 8 heteroatoms. The minimum atomic E-state index is -0.928. The van der Waals surface area contributed by atoms with Gasteiger partial charge >= 0.3 is 11.9 Å². The standard InChI is InChI=1S/C22H27N3O5/c1-12-13-4-7-22(18(12)27)15(8-13)21-6-3-5-20(2,11-29-19(21)28)14(21)9-16(22)30-17(26)10-24-25-23/h13-16H,1,3-11H2,2H3/t13-,14?,15?,16+,20-,21-,22+/m0/s1. The van der Waals surface area contributed by atoms with E-state index in [4.69, 9.17) is 15.0 Å². The largest absolute Gasteiger partial charge is 0.465 e. The number of hydrogen-bond acceptors (Lipinski definition) is 6. The van der Waals surface area contributed by atoms with Gasteiger partial charge in [0, 0.05) is 10.3 Å². The molecule has 4 bridgehead atoms. The Morgan fingerprint density at radius 1 is 1.27 bits per heavy atom. The van der Waals surface area contributed by atoms with Crippen LogP contribution in [0.2, 0.25) is 0 Å². The van der Waals surface area contributed by atoms with Gasteiger partial charge in [-0.05, 0) is 67.4 Å². The lowest BCUT2D eigenvalue weighted by Crippen LogP contribution is -2.73. The first kappa shape index (κ1) is 19.6. The molecule has 6 fully saturated rings. The number of nitrogens with zero attached hydrogens (tertiary/aromatic N) is 3. The van der Waals surface area contributed by atoms with E-state index in [1.165, 1.54) is 0 Å². The van der Waals surface area contributed by atoms with E-state index in [2.05, 4.69) is 23.5 Å². The van der Waals surface area contributed by atoms with Gasteiger partial charge in [0.05, 0.1) is 17.4 Å². The summed E-state index contributed by atoms with van der Waals surface area (Å²) in [7, 11) is 0. The van der Waals surface area contributed by atoms with Gasteiger partial charge in [0.1, 0.15) is 12.6 Å². The molecule has 6 aliphatic rings. The zero-order valence-corrected chi connectivity index (χ0v) is 17.3. The van der Waals surface area contributed by atoms with E-state index in [1.54, 1.807) is 0 Å². The second kappa shape index (κ2) is 6.33. The third-order valence-electron chi connectivity index (χ3n) is 9.15. The van der Waals surface area contributed by atoms with Crippen LogP contribution < -0.4 is 0 Å². The van der Waals surface area contributed by atoms with Crippen molar-refractivity contribution < 1.29 is 23.9 Å². The molecule has 0 aromatic rings. The summed E-state index contributed by atoms with van der Waals surface area (Å²) in [6.45, 7) is 6.21. The molecule has 1 heterocycles. The van der Waals surface area contributed by atoms with Crippen LogP contribution >= 0.6 is 0 Å². The summed E-state index contributed by atoms with van der Waals surface area (Å²) in [5.41, 5.74) is 7.36. The minimum absolute atomic E-state index is 0.00769. The monoisotopic (exact) mass is 413 g/mol. The summed E-state index contributed by atoms with van der Waals surface area (Å²) in [6, 6.07) is 0. The molecule has 5 aliphatic carbocycles. The van der Waals surface area contributed by atoms with Gasteiger partial charge in [-0.2, -0.15) is 0 Å². The highest BCUT2D eigenvalue weighted by atomic mass is 16.5. The van der Waals surface area contributed by atoms with Gasteiger partial charge in [-0.3, -0.25) is 14.4 Å². The van der Waals surface area contributed by atoms with Crippen LogP contribution in [0, 0.1) is 34.0 Å². The Labute approximate surface area is 175 Å². The van der Waals surface area contributed by atoms with E-state index in [0.29, 0.717) is 25.0 Å². The molecule has 0 aromatic carbocycles. The smallest absolute Gasteiger partial charge is 0.312 e. The van der Waals surface area contributed by atoms with E-state index < -0.39 is 29.4 Å². The molecule has 2 unspecified atom stereocenters. The van der Waals surface area contributed by atoms with Crippen LogP contribution in [0.5, 0.6) is 0 Å². The Morgan fingerprint density at radius 2 is 2.07 bits per heavy atom. The molecule has 1 saturated heterocycles. The number of carbonyl (C=O) groups is 3. The van der Waals surface area contributed by atoms with E-state index in [0.717, 1.165) is 32.1 Å². The van der Waals surface area contributed by atoms with Crippen molar-refractivity contribution in [2.45, 2.75) is 58.0 Å². The topological polar surface area (TPSA) is 118 Å². The Morgan fingerprint density at radius 3 is 2.83 bits per heavy atom. The molecule has 1 aliphatic heterocycles. The number of fused-ring (bicyclic) bond motifs is 2. The molecular weight excluding hydrogens is 386 g/mol. The fourth-order valence-electron chi connectivity index (χ4n) is 7.93. The molecule has 0 radical (unpaired) electrons. The Balaban J connectivity index is 1.64. The average Bonchev–Trinajstić information content (AvgIpc) is 2.73. The summed E-state index contributed by atoms with van der Waals surface area (Å²) in [6.07, 6.45) is 4.59. The van der Waals surface area contributed by atoms with Gasteiger partial charge in [0.2, 0.25) is 0 Å². The van der Waals surface area contributed by atoms with Gasteiger partial charge in [0.15, 0.2) is 5.78 Å². The summed E-state index contributed by atoms with van der Waals surface area (Å²) >= 11 is 0. The van der Waals surface area contributed by atoms with Crippen molar-refractivity contribution in [3.63, 3.8) is 0 Å². The summed E-state index contributed by atoms with van der Waals surface area (Å²) < 4.78 is 11.6. The molecule has 160 valence electrons. The van der Waals surface area contributed by atoms with Gasteiger partial charge in [-0.1, -0.05) is 25.0 Å². The van der Waals surface area contributed by atoms with Crippen molar-refractivity contribution in [3.05, 3.63) is 22.6 Å². The summed E-state index contributed by atoms with van der Waals surface area (Å²) in [5.74, 6) is -0.950. The zero-order valence-electron chi connectivity index (χ0n) is 17.3. The van der Waals surface area contributed by atoms with E-state index >= 15 is 0 Å². The highest BCUT2D eigenvalue weighted by molar-refractivity contribution is 6.03. The molecule has 0 amide bonds. The van der Waals surface area contributed by atoms with Crippen LogP contribution in [-0.2, 0) is 23.9 Å². The maximum atomic E-state index is 13.6. The van der Waals surface area contributed by atoms with Gasteiger partial charge < -0.3 is 9.47 Å². The molecule has 0 N–H and O–H groups in total. The van der Waals surface area contributed by atoms with E-state index in [-0.39, 0.29) is 34.9 Å². The second-order valence-corrected chi connectivity index (χ2v) is 10.2. The molecule has 8 nitrogen and oxygen atoms in total. The fraction of sp³-hybridized carbons (Fsp3) is 0.773. The second-order valence-electron chi connectivity index (χ2n) is 10.2. The van der Waals surface area contributed by atoms with Gasteiger partial charge in [-0.25, -0.2) is 0 Å². The average molecular weight is 413 g/mol. The molecule has 0 aromatic heterocycles. The number of Topliss-reactive ketones (excluding diaryl/α,β-unsaturated/α-hetero) is 1. The van der Waals surface area contributed by atoms with Crippen molar-refractivity contribution >= 4 is 17.7 Å². The number of azide groups is 1. The lowest BCUT2D eigenvalue weighted by molar-refractivity contribution is -0.257. The fourth-order valence-corrected chi connectivity index (χ4v) is 7.93. The number of cyclic esters (lactones) is 1. The van der Waals surface area contributed by atoms with Crippen LogP contribution in [-0.4, -0.2) is 37.0 Å². The third-order valence-corrected chi connectivity index (χ3v) is 9.15.